The minimum atomic E-state index is -0.0935. The minimum absolute atomic E-state index is 0.0935. The highest BCUT2D eigenvalue weighted by Crippen LogP contribution is 2.35. The van der Waals surface area contributed by atoms with Crippen molar-refractivity contribution in [3.05, 3.63) is 65.5 Å². The Morgan fingerprint density at radius 3 is 2.41 bits per heavy atom. The SMILES string of the molecule is Cc1cccc(C)c1-n1nnnc1SC(C)c1nnc(-c2ccccc2)o1. The molecule has 0 amide bonds. The standard InChI is InChI=1S/C19H18N6OS/c1-12-8-7-9-13(2)16(12)25-19(22-23-24-25)27-14(3)17-20-21-18(26-17)15-10-5-4-6-11-15/h4-11,14H,1-3H3. The molecule has 1 atom stereocenters. The number of hydrogen-bond donors (Lipinski definition) is 0. The number of thioether (sulfide) groups is 1. The van der Waals surface area contributed by atoms with Crippen molar-refractivity contribution in [1.29, 1.82) is 0 Å². The van der Waals surface area contributed by atoms with Crippen molar-refractivity contribution in [3.8, 4) is 17.1 Å². The van der Waals surface area contributed by atoms with Crippen molar-refractivity contribution in [2.45, 2.75) is 31.2 Å². The lowest BCUT2D eigenvalue weighted by molar-refractivity contribution is 0.508. The Hall–Kier alpha value is -3.00. The molecule has 0 spiro atoms. The van der Waals surface area contributed by atoms with Gasteiger partial charge in [-0.1, -0.05) is 48.2 Å². The van der Waals surface area contributed by atoms with Gasteiger partial charge < -0.3 is 4.42 Å². The second-order valence-electron chi connectivity index (χ2n) is 6.19. The highest BCUT2D eigenvalue weighted by atomic mass is 32.2. The maximum absolute atomic E-state index is 5.85. The molecule has 0 radical (unpaired) electrons. The Labute approximate surface area is 160 Å². The largest absolute Gasteiger partial charge is 0.419 e. The van der Waals surface area contributed by atoms with E-state index in [2.05, 4.69) is 25.7 Å². The molecule has 0 bridgehead atoms. The van der Waals surface area contributed by atoms with E-state index in [1.165, 1.54) is 11.8 Å². The molecule has 0 aliphatic carbocycles. The second-order valence-corrected chi connectivity index (χ2v) is 7.49. The number of aryl methyl sites for hydroxylation is 2. The molecule has 1 unspecified atom stereocenters. The van der Waals surface area contributed by atoms with Gasteiger partial charge in [-0.15, -0.1) is 15.3 Å². The molecule has 2 aromatic heterocycles. The topological polar surface area (TPSA) is 82.5 Å². The fourth-order valence-electron chi connectivity index (χ4n) is 2.84. The molecule has 0 aliphatic rings. The third-order valence-corrected chi connectivity index (χ3v) is 5.20. The van der Waals surface area contributed by atoms with Gasteiger partial charge in [0.05, 0.1) is 10.9 Å². The molecule has 0 fully saturated rings. The van der Waals surface area contributed by atoms with Crippen molar-refractivity contribution in [2.75, 3.05) is 0 Å². The molecule has 4 rings (SSSR count). The van der Waals surface area contributed by atoms with Crippen LogP contribution in [0.3, 0.4) is 0 Å². The first-order valence-electron chi connectivity index (χ1n) is 8.54. The average molecular weight is 378 g/mol. The van der Waals surface area contributed by atoms with Crippen molar-refractivity contribution in [2.24, 2.45) is 0 Å². The van der Waals surface area contributed by atoms with Gasteiger partial charge in [0.15, 0.2) is 0 Å². The average Bonchev–Trinajstić information content (AvgIpc) is 3.33. The zero-order valence-electron chi connectivity index (χ0n) is 15.2. The van der Waals surface area contributed by atoms with Gasteiger partial charge in [-0.3, -0.25) is 0 Å². The quantitative estimate of drug-likeness (QED) is 0.482. The van der Waals surface area contributed by atoms with Crippen LogP contribution in [-0.4, -0.2) is 30.4 Å². The molecule has 8 heteroatoms. The van der Waals surface area contributed by atoms with E-state index < -0.39 is 0 Å². The summed E-state index contributed by atoms with van der Waals surface area (Å²) in [6.45, 7) is 6.09. The Bertz CT molecular complexity index is 1040. The Morgan fingerprint density at radius 2 is 1.67 bits per heavy atom. The van der Waals surface area contributed by atoms with E-state index in [0.717, 1.165) is 22.4 Å². The van der Waals surface area contributed by atoms with Crippen LogP contribution in [0.2, 0.25) is 0 Å². The van der Waals surface area contributed by atoms with Gasteiger partial charge in [0.2, 0.25) is 16.9 Å². The van der Waals surface area contributed by atoms with E-state index in [9.17, 15) is 0 Å². The maximum atomic E-state index is 5.85. The fraction of sp³-hybridized carbons (Fsp3) is 0.211. The molecule has 0 saturated heterocycles. The molecule has 0 saturated carbocycles. The molecule has 4 aromatic rings. The van der Waals surface area contributed by atoms with Crippen LogP contribution < -0.4 is 0 Å². The van der Waals surface area contributed by atoms with E-state index in [1.54, 1.807) is 4.68 Å². The van der Waals surface area contributed by atoms with E-state index in [1.807, 2.05) is 69.3 Å². The number of para-hydroxylation sites is 1. The minimum Gasteiger partial charge on any atom is -0.419 e. The summed E-state index contributed by atoms with van der Waals surface area (Å²) in [4.78, 5) is 0. The maximum Gasteiger partial charge on any atom is 0.247 e. The molecular weight excluding hydrogens is 360 g/mol. The van der Waals surface area contributed by atoms with Crippen molar-refractivity contribution >= 4 is 11.8 Å². The molecule has 0 aliphatic heterocycles. The van der Waals surface area contributed by atoms with Gasteiger partial charge in [-0.2, -0.15) is 4.68 Å². The van der Waals surface area contributed by atoms with Crippen molar-refractivity contribution < 1.29 is 4.42 Å². The van der Waals surface area contributed by atoms with E-state index in [0.29, 0.717) is 16.9 Å². The van der Waals surface area contributed by atoms with Crippen LogP contribution in [0.4, 0.5) is 0 Å². The van der Waals surface area contributed by atoms with Crippen LogP contribution >= 0.6 is 11.8 Å². The third kappa shape index (κ3) is 3.48. The summed E-state index contributed by atoms with van der Waals surface area (Å²) in [7, 11) is 0. The number of tetrazole rings is 1. The number of hydrogen-bond acceptors (Lipinski definition) is 7. The monoisotopic (exact) mass is 378 g/mol. The lowest BCUT2D eigenvalue weighted by Crippen LogP contribution is -2.04. The first-order chi connectivity index (χ1) is 13.1. The Morgan fingerprint density at radius 1 is 0.926 bits per heavy atom. The lowest BCUT2D eigenvalue weighted by atomic mass is 10.1. The Kier molecular flexibility index (Phi) is 4.72. The smallest absolute Gasteiger partial charge is 0.247 e. The molecule has 2 aromatic carbocycles. The zero-order chi connectivity index (χ0) is 18.8. The van der Waals surface area contributed by atoms with E-state index in [-0.39, 0.29) is 5.25 Å². The van der Waals surface area contributed by atoms with Crippen LogP contribution in [-0.2, 0) is 0 Å². The van der Waals surface area contributed by atoms with Crippen LogP contribution in [0.25, 0.3) is 17.1 Å². The Balaban J connectivity index is 1.59. The van der Waals surface area contributed by atoms with Crippen LogP contribution in [0, 0.1) is 13.8 Å². The van der Waals surface area contributed by atoms with E-state index >= 15 is 0 Å². The third-order valence-electron chi connectivity index (χ3n) is 4.18. The highest BCUT2D eigenvalue weighted by Gasteiger charge is 2.21. The summed E-state index contributed by atoms with van der Waals surface area (Å²) in [5.41, 5.74) is 4.11. The fourth-order valence-corrected chi connectivity index (χ4v) is 3.66. The number of rotatable bonds is 5. The summed E-state index contributed by atoms with van der Waals surface area (Å²) in [6, 6.07) is 15.8. The van der Waals surface area contributed by atoms with Gasteiger partial charge in [0.25, 0.3) is 0 Å². The number of benzene rings is 2. The van der Waals surface area contributed by atoms with Crippen LogP contribution in [0.5, 0.6) is 0 Å². The van der Waals surface area contributed by atoms with Crippen LogP contribution in [0.15, 0.2) is 58.1 Å². The summed E-state index contributed by atoms with van der Waals surface area (Å²) in [6.07, 6.45) is 0. The highest BCUT2D eigenvalue weighted by molar-refractivity contribution is 7.99. The lowest BCUT2D eigenvalue weighted by Gasteiger charge is -2.11. The molecule has 7 nitrogen and oxygen atoms in total. The summed E-state index contributed by atoms with van der Waals surface area (Å²) in [5.74, 6) is 1.04. The second kappa shape index (κ2) is 7.32. The summed E-state index contributed by atoms with van der Waals surface area (Å²) < 4.78 is 7.62. The predicted octanol–water partition coefficient (Wildman–Crippen LogP) is 4.18. The summed E-state index contributed by atoms with van der Waals surface area (Å²) in [5, 5.41) is 21.2. The molecular formula is C19H18N6OS. The summed E-state index contributed by atoms with van der Waals surface area (Å²) >= 11 is 1.48. The van der Waals surface area contributed by atoms with Gasteiger partial charge >= 0.3 is 0 Å². The first-order valence-corrected chi connectivity index (χ1v) is 9.42. The van der Waals surface area contributed by atoms with Gasteiger partial charge in [0.1, 0.15) is 0 Å². The van der Waals surface area contributed by atoms with Crippen molar-refractivity contribution in [3.63, 3.8) is 0 Å². The van der Waals surface area contributed by atoms with Crippen LogP contribution in [0.1, 0.15) is 29.2 Å². The molecule has 27 heavy (non-hydrogen) atoms. The van der Waals surface area contributed by atoms with Gasteiger partial charge in [0, 0.05) is 5.56 Å². The predicted molar refractivity (Wildman–Crippen MR) is 103 cm³/mol. The van der Waals surface area contributed by atoms with Crippen molar-refractivity contribution in [1.82, 2.24) is 30.4 Å². The van der Waals surface area contributed by atoms with Gasteiger partial charge in [-0.25, -0.2) is 0 Å². The van der Waals surface area contributed by atoms with E-state index in [4.69, 9.17) is 4.42 Å². The molecule has 0 N–H and O–H groups in total. The normalized spacial score (nSPS) is 12.3. The zero-order valence-corrected chi connectivity index (χ0v) is 16.0. The number of nitrogens with zero attached hydrogens (tertiary/aromatic N) is 6. The first kappa shape index (κ1) is 17.4. The number of aromatic nitrogens is 6. The van der Waals surface area contributed by atoms with Gasteiger partial charge in [-0.05, 0) is 54.5 Å². The molecule has 136 valence electrons. The molecule has 2 heterocycles.